The summed E-state index contributed by atoms with van der Waals surface area (Å²) in [5.41, 5.74) is 3.63. The molecule has 0 aromatic carbocycles. The Bertz CT molecular complexity index is 862. The number of rotatable bonds is 2. The van der Waals surface area contributed by atoms with Gasteiger partial charge in [-0.2, -0.15) is 5.10 Å². The predicted molar refractivity (Wildman–Crippen MR) is 85.6 cm³/mol. The maximum Gasteiger partial charge on any atom is 0.178 e. The standard InChI is InChI=1S/C14H10N6.C2H6/c1-2-5-15-12(3-1)20-8-10(7-19-20)11-4-6-16-14-13(11)17-9-18-14;1-2/h1-9H,(H,16,17,18);1-2H3. The molecular formula is C16H16N6. The molecular weight excluding hydrogens is 276 g/mol. The minimum atomic E-state index is 0.702. The number of aromatic nitrogens is 6. The number of aromatic amines is 1. The lowest BCUT2D eigenvalue weighted by Gasteiger charge is -1.99. The summed E-state index contributed by atoms with van der Waals surface area (Å²) in [5, 5.41) is 4.35. The van der Waals surface area contributed by atoms with Gasteiger partial charge >= 0.3 is 0 Å². The Balaban J connectivity index is 0.000000693. The Hall–Kier alpha value is -3.02. The molecule has 4 rings (SSSR count). The van der Waals surface area contributed by atoms with Gasteiger partial charge in [-0.3, -0.25) is 0 Å². The molecule has 4 aromatic heterocycles. The number of imidazole rings is 1. The SMILES string of the molecule is CC.c1ccc(-n2cc(-c3ccnc4nc[nH]c34)cn2)nc1. The number of hydrogen-bond acceptors (Lipinski definition) is 4. The molecule has 0 atom stereocenters. The van der Waals surface area contributed by atoms with Crippen LogP contribution >= 0.6 is 0 Å². The van der Waals surface area contributed by atoms with Crippen LogP contribution in [0.2, 0.25) is 0 Å². The molecule has 0 bridgehead atoms. The van der Waals surface area contributed by atoms with Gasteiger partial charge in [0.1, 0.15) is 0 Å². The molecule has 6 heteroatoms. The van der Waals surface area contributed by atoms with Gasteiger partial charge in [0, 0.05) is 29.7 Å². The Morgan fingerprint density at radius 3 is 2.73 bits per heavy atom. The van der Waals surface area contributed by atoms with Crippen molar-refractivity contribution >= 4 is 11.2 Å². The fourth-order valence-corrected chi connectivity index (χ4v) is 2.17. The van der Waals surface area contributed by atoms with Crippen molar-refractivity contribution in [3.8, 4) is 16.9 Å². The van der Waals surface area contributed by atoms with Crippen molar-refractivity contribution in [2.24, 2.45) is 0 Å². The third-order valence-electron chi connectivity index (χ3n) is 3.10. The van der Waals surface area contributed by atoms with Crippen LogP contribution in [0, 0.1) is 0 Å². The molecule has 0 fully saturated rings. The van der Waals surface area contributed by atoms with E-state index < -0.39 is 0 Å². The maximum atomic E-state index is 4.35. The van der Waals surface area contributed by atoms with Gasteiger partial charge < -0.3 is 4.98 Å². The van der Waals surface area contributed by atoms with Crippen molar-refractivity contribution in [2.75, 3.05) is 0 Å². The van der Waals surface area contributed by atoms with Crippen molar-refractivity contribution in [1.29, 1.82) is 0 Å². The average molecular weight is 292 g/mol. The molecule has 1 N–H and O–H groups in total. The summed E-state index contributed by atoms with van der Waals surface area (Å²) in [6, 6.07) is 7.67. The van der Waals surface area contributed by atoms with Gasteiger partial charge in [-0.15, -0.1) is 0 Å². The second-order valence-electron chi connectivity index (χ2n) is 4.32. The van der Waals surface area contributed by atoms with E-state index in [-0.39, 0.29) is 0 Å². The number of hydrogen-bond donors (Lipinski definition) is 1. The number of pyridine rings is 2. The normalized spacial score (nSPS) is 10.3. The highest BCUT2D eigenvalue weighted by molar-refractivity contribution is 5.88. The molecule has 110 valence electrons. The second kappa shape index (κ2) is 6.17. The molecule has 22 heavy (non-hydrogen) atoms. The van der Waals surface area contributed by atoms with E-state index in [1.165, 1.54) is 0 Å². The summed E-state index contributed by atoms with van der Waals surface area (Å²) in [7, 11) is 0. The van der Waals surface area contributed by atoms with Crippen LogP contribution in [0.4, 0.5) is 0 Å². The van der Waals surface area contributed by atoms with Gasteiger partial charge in [0.05, 0.1) is 18.0 Å². The number of fused-ring (bicyclic) bond motifs is 1. The molecule has 0 aliphatic heterocycles. The zero-order valence-electron chi connectivity index (χ0n) is 12.4. The minimum absolute atomic E-state index is 0.702. The molecule has 0 amide bonds. The van der Waals surface area contributed by atoms with Gasteiger partial charge in [0.25, 0.3) is 0 Å². The monoisotopic (exact) mass is 292 g/mol. The molecule has 0 unspecified atom stereocenters. The van der Waals surface area contributed by atoms with Crippen molar-refractivity contribution in [3.05, 3.63) is 55.4 Å². The number of nitrogens with one attached hydrogen (secondary N) is 1. The smallest absolute Gasteiger partial charge is 0.178 e. The van der Waals surface area contributed by atoms with E-state index in [1.54, 1.807) is 23.4 Å². The summed E-state index contributed by atoms with van der Waals surface area (Å²) in [6.45, 7) is 4.00. The lowest BCUT2D eigenvalue weighted by Crippen LogP contribution is -1.95. The number of nitrogens with zero attached hydrogens (tertiary/aromatic N) is 5. The van der Waals surface area contributed by atoms with Crippen LogP contribution in [-0.4, -0.2) is 29.7 Å². The van der Waals surface area contributed by atoms with Crippen LogP contribution in [-0.2, 0) is 0 Å². The van der Waals surface area contributed by atoms with E-state index >= 15 is 0 Å². The van der Waals surface area contributed by atoms with Gasteiger partial charge in [0.15, 0.2) is 11.5 Å². The first-order valence-corrected chi connectivity index (χ1v) is 7.16. The van der Waals surface area contributed by atoms with Crippen molar-refractivity contribution in [1.82, 2.24) is 29.7 Å². The lowest BCUT2D eigenvalue weighted by molar-refractivity contribution is 0.847. The molecule has 0 aliphatic carbocycles. The molecule has 4 aromatic rings. The van der Waals surface area contributed by atoms with Gasteiger partial charge in [0.2, 0.25) is 0 Å². The van der Waals surface area contributed by atoms with E-state index in [9.17, 15) is 0 Å². The molecule has 0 spiro atoms. The lowest BCUT2D eigenvalue weighted by atomic mass is 10.1. The highest BCUT2D eigenvalue weighted by Gasteiger charge is 2.09. The summed E-state index contributed by atoms with van der Waals surface area (Å²) in [6.07, 6.45) is 8.89. The minimum Gasteiger partial charge on any atom is -0.343 e. The summed E-state index contributed by atoms with van der Waals surface area (Å²) in [5.74, 6) is 0.786. The van der Waals surface area contributed by atoms with Crippen LogP contribution in [0.1, 0.15) is 13.8 Å². The second-order valence-corrected chi connectivity index (χ2v) is 4.32. The van der Waals surface area contributed by atoms with Crippen molar-refractivity contribution in [3.63, 3.8) is 0 Å². The Kier molecular flexibility index (Phi) is 3.91. The number of H-pyrrole nitrogens is 1. The van der Waals surface area contributed by atoms with Crippen molar-refractivity contribution in [2.45, 2.75) is 13.8 Å². The average Bonchev–Trinajstić information content (AvgIpc) is 3.26. The topological polar surface area (TPSA) is 72.3 Å². The summed E-state index contributed by atoms with van der Waals surface area (Å²) >= 11 is 0. The molecule has 0 aliphatic rings. The Labute approximate surface area is 127 Å². The molecule has 0 saturated heterocycles. The Morgan fingerprint density at radius 1 is 1.00 bits per heavy atom. The highest BCUT2D eigenvalue weighted by atomic mass is 15.3. The molecule has 0 radical (unpaired) electrons. The fraction of sp³-hybridized carbons (Fsp3) is 0.125. The molecule has 4 heterocycles. The van der Waals surface area contributed by atoms with Gasteiger partial charge in [-0.1, -0.05) is 19.9 Å². The third-order valence-corrected chi connectivity index (χ3v) is 3.10. The van der Waals surface area contributed by atoms with Crippen LogP contribution < -0.4 is 0 Å². The maximum absolute atomic E-state index is 4.35. The first-order valence-electron chi connectivity index (χ1n) is 7.16. The van der Waals surface area contributed by atoms with Crippen LogP contribution in [0.5, 0.6) is 0 Å². The van der Waals surface area contributed by atoms with E-state index in [0.29, 0.717) is 5.65 Å². The van der Waals surface area contributed by atoms with E-state index in [2.05, 4.69) is 25.0 Å². The fourth-order valence-electron chi connectivity index (χ4n) is 2.17. The van der Waals surface area contributed by atoms with Gasteiger partial charge in [-0.25, -0.2) is 19.6 Å². The van der Waals surface area contributed by atoms with E-state index in [4.69, 9.17) is 0 Å². The summed E-state index contributed by atoms with van der Waals surface area (Å²) < 4.78 is 1.75. The summed E-state index contributed by atoms with van der Waals surface area (Å²) in [4.78, 5) is 15.8. The third kappa shape index (κ3) is 2.46. The first-order chi connectivity index (χ1) is 10.9. The first kappa shape index (κ1) is 13.9. The zero-order valence-corrected chi connectivity index (χ0v) is 12.4. The highest BCUT2D eigenvalue weighted by Crippen LogP contribution is 2.25. The van der Waals surface area contributed by atoms with Gasteiger partial charge in [-0.05, 0) is 18.2 Å². The van der Waals surface area contributed by atoms with Crippen LogP contribution in [0.3, 0.4) is 0 Å². The van der Waals surface area contributed by atoms with E-state index in [0.717, 1.165) is 22.5 Å². The molecule has 6 nitrogen and oxygen atoms in total. The zero-order chi connectivity index (χ0) is 15.4. The predicted octanol–water partition coefficient (Wildman–Crippen LogP) is 3.23. The largest absolute Gasteiger partial charge is 0.343 e. The van der Waals surface area contributed by atoms with Crippen LogP contribution in [0.15, 0.2) is 55.4 Å². The Morgan fingerprint density at radius 2 is 1.91 bits per heavy atom. The van der Waals surface area contributed by atoms with Crippen LogP contribution in [0.25, 0.3) is 28.1 Å². The molecule has 0 saturated carbocycles. The van der Waals surface area contributed by atoms with E-state index in [1.807, 2.05) is 50.5 Å². The van der Waals surface area contributed by atoms with Crippen molar-refractivity contribution < 1.29 is 0 Å². The quantitative estimate of drug-likeness (QED) is 0.615.